The standard InChI is InChI=1S/C18H20N4OS2/c1-2-13-5-3-6-14-16(13)20-18(25-14)22-10-8-21(9-11-22)17(23)19-15-7-4-12-24-15/h3-7,12H,2,8-11H2,1H3,(H,19,23). The molecule has 1 aliphatic heterocycles. The van der Waals surface area contributed by atoms with Crippen molar-refractivity contribution in [2.75, 3.05) is 36.4 Å². The molecular weight excluding hydrogens is 352 g/mol. The number of aryl methyl sites for hydroxylation is 1. The van der Waals surface area contributed by atoms with E-state index < -0.39 is 0 Å². The largest absolute Gasteiger partial charge is 0.345 e. The van der Waals surface area contributed by atoms with E-state index >= 15 is 0 Å². The molecule has 0 aliphatic carbocycles. The summed E-state index contributed by atoms with van der Waals surface area (Å²) in [6, 6.07) is 10.2. The first-order valence-corrected chi connectivity index (χ1v) is 10.2. The summed E-state index contributed by atoms with van der Waals surface area (Å²) in [5, 5.41) is 6.88. The number of nitrogens with one attached hydrogen (secondary N) is 1. The highest BCUT2D eigenvalue weighted by atomic mass is 32.1. The first kappa shape index (κ1) is 16.4. The van der Waals surface area contributed by atoms with Crippen molar-refractivity contribution in [3.05, 3.63) is 41.3 Å². The zero-order valence-electron chi connectivity index (χ0n) is 14.1. The summed E-state index contributed by atoms with van der Waals surface area (Å²) in [5.74, 6) is 0. The second-order valence-corrected chi connectivity index (χ2v) is 7.95. The molecule has 1 saturated heterocycles. The number of piperazine rings is 1. The average molecular weight is 373 g/mol. The smallest absolute Gasteiger partial charge is 0.322 e. The van der Waals surface area contributed by atoms with Gasteiger partial charge in [-0.3, -0.25) is 5.32 Å². The molecule has 0 atom stereocenters. The Labute approximate surface area is 154 Å². The molecule has 2 aromatic heterocycles. The maximum Gasteiger partial charge on any atom is 0.322 e. The van der Waals surface area contributed by atoms with Crippen LogP contribution in [0.2, 0.25) is 0 Å². The van der Waals surface area contributed by atoms with Crippen molar-refractivity contribution in [2.45, 2.75) is 13.3 Å². The SMILES string of the molecule is CCc1cccc2sc(N3CCN(C(=O)Nc4cccs4)CC3)nc12. The molecule has 0 spiro atoms. The highest BCUT2D eigenvalue weighted by Crippen LogP contribution is 2.31. The fourth-order valence-electron chi connectivity index (χ4n) is 3.05. The van der Waals surface area contributed by atoms with Crippen LogP contribution in [-0.4, -0.2) is 42.1 Å². The number of para-hydroxylation sites is 1. The highest BCUT2D eigenvalue weighted by Gasteiger charge is 2.23. The van der Waals surface area contributed by atoms with Crippen LogP contribution < -0.4 is 10.2 Å². The number of carbonyl (C=O) groups is 1. The van der Waals surface area contributed by atoms with Gasteiger partial charge >= 0.3 is 6.03 Å². The highest BCUT2D eigenvalue weighted by molar-refractivity contribution is 7.22. The number of aromatic nitrogens is 1. The Hall–Kier alpha value is -2.12. The maximum atomic E-state index is 12.3. The zero-order chi connectivity index (χ0) is 17.2. The molecule has 0 radical (unpaired) electrons. The Bertz CT molecular complexity index is 866. The summed E-state index contributed by atoms with van der Waals surface area (Å²) in [6.45, 7) is 5.23. The van der Waals surface area contributed by atoms with Crippen molar-refractivity contribution >= 4 is 49.1 Å². The number of anilines is 2. The summed E-state index contributed by atoms with van der Waals surface area (Å²) >= 11 is 3.29. The van der Waals surface area contributed by atoms with Crippen molar-refractivity contribution in [1.29, 1.82) is 0 Å². The van der Waals surface area contributed by atoms with Gasteiger partial charge in [0, 0.05) is 26.2 Å². The third-order valence-corrected chi connectivity index (χ3v) is 6.33. The van der Waals surface area contributed by atoms with Crippen molar-refractivity contribution in [1.82, 2.24) is 9.88 Å². The van der Waals surface area contributed by atoms with E-state index in [1.807, 2.05) is 22.4 Å². The summed E-state index contributed by atoms with van der Waals surface area (Å²) in [7, 11) is 0. The van der Waals surface area contributed by atoms with E-state index in [0.29, 0.717) is 13.1 Å². The monoisotopic (exact) mass is 372 g/mol. The first-order valence-electron chi connectivity index (χ1n) is 8.47. The van der Waals surface area contributed by atoms with Gasteiger partial charge in [-0.25, -0.2) is 9.78 Å². The van der Waals surface area contributed by atoms with E-state index in [4.69, 9.17) is 4.98 Å². The van der Waals surface area contributed by atoms with Gasteiger partial charge in [-0.05, 0) is 35.6 Å². The number of fused-ring (bicyclic) bond motifs is 1. The number of hydrogen-bond acceptors (Lipinski definition) is 5. The second-order valence-electron chi connectivity index (χ2n) is 6.00. The molecule has 0 unspecified atom stereocenters. The van der Waals surface area contributed by atoms with Crippen LogP contribution in [0.1, 0.15) is 12.5 Å². The molecule has 4 rings (SSSR count). The van der Waals surface area contributed by atoms with Gasteiger partial charge in [-0.1, -0.05) is 30.4 Å². The van der Waals surface area contributed by atoms with E-state index in [0.717, 1.165) is 35.2 Å². The molecule has 5 nitrogen and oxygen atoms in total. The van der Waals surface area contributed by atoms with Crippen LogP contribution in [0, 0.1) is 0 Å². The molecule has 1 aliphatic rings. The Morgan fingerprint density at radius 1 is 1.20 bits per heavy atom. The summed E-state index contributed by atoms with van der Waals surface area (Å²) < 4.78 is 1.24. The fraction of sp³-hybridized carbons (Fsp3) is 0.333. The minimum absolute atomic E-state index is 0.0142. The van der Waals surface area contributed by atoms with Crippen molar-refractivity contribution < 1.29 is 4.79 Å². The van der Waals surface area contributed by atoms with E-state index in [1.54, 1.807) is 22.7 Å². The van der Waals surface area contributed by atoms with Gasteiger partial charge in [-0.15, -0.1) is 11.3 Å². The summed E-state index contributed by atoms with van der Waals surface area (Å²) in [5.41, 5.74) is 2.43. The molecule has 1 aromatic carbocycles. The minimum Gasteiger partial charge on any atom is -0.345 e. The van der Waals surface area contributed by atoms with E-state index in [9.17, 15) is 4.79 Å². The molecule has 130 valence electrons. The Kier molecular flexibility index (Phi) is 4.59. The third kappa shape index (κ3) is 3.34. The number of amides is 2. The topological polar surface area (TPSA) is 48.5 Å². The van der Waals surface area contributed by atoms with E-state index in [1.165, 1.54) is 10.3 Å². The molecule has 1 fully saturated rings. The molecule has 3 aromatic rings. The number of thiophene rings is 1. The van der Waals surface area contributed by atoms with Gasteiger partial charge in [-0.2, -0.15) is 0 Å². The molecule has 1 N–H and O–H groups in total. The molecule has 3 heterocycles. The lowest BCUT2D eigenvalue weighted by Crippen LogP contribution is -2.50. The molecule has 0 saturated carbocycles. The van der Waals surface area contributed by atoms with Crippen LogP contribution in [0.3, 0.4) is 0 Å². The molecule has 0 bridgehead atoms. The molecule has 2 amide bonds. The summed E-state index contributed by atoms with van der Waals surface area (Å²) in [4.78, 5) is 21.4. The minimum atomic E-state index is -0.0142. The van der Waals surface area contributed by atoms with Crippen molar-refractivity contribution in [2.24, 2.45) is 0 Å². The normalized spacial score (nSPS) is 14.9. The van der Waals surface area contributed by atoms with Gasteiger partial charge in [0.15, 0.2) is 5.13 Å². The van der Waals surface area contributed by atoms with E-state index in [2.05, 4.69) is 35.3 Å². The lowest BCUT2D eigenvalue weighted by Gasteiger charge is -2.34. The van der Waals surface area contributed by atoms with Crippen molar-refractivity contribution in [3.8, 4) is 0 Å². The fourth-order valence-corrected chi connectivity index (χ4v) is 4.72. The quantitative estimate of drug-likeness (QED) is 0.747. The predicted molar refractivity (Wildman–Crippen MR) is 106 cm³/mol. The number of urea groups is 1. The van der Waals surface area contributed by atoms with Gasteiger partial charge in [0.25, 0.3) is 0 Å². The van der Waals surface area contributed by atoms with Crippen LogP contribution in [0.4, 0.5) is 14.9 Å². The van der Waals surface area contributed by atoms with Crippen LogP contribution in [-0.2, 0) is 6.42 Å². The third-order valence-electron chi connectivity index (χ3n) is 4.46. The van der Waals surface area contributed by atoms with Crippen LogP contribution in [0.25, 0.3) is 10.2 Å². The van der Waals surface area contributed by atoms with Crippen LogP contribution in [0.15, 0.2) is 35.7 Å². The molecule has 7 heteroatoms. The van der Waals surface area contributed by atoms with Gasteiger partial charge < -0.3 is 9.80 Å². The maximum absolute atomic E-state index is 12.3. The number of rotatable bonds is 3. The van der Waals surface area contributed by atoms with Gasteiger partial charge in [0.2, 0.25) is 0 Å². The lowest BCUT2D eigenvalue weighted by molar-refractivity contribution is 0.208. The second kappa shape index (κ2) is 7.01. The van der Waals surface area contributed by atoms with Crippen molar-refractivity contribution in [3.63, 3.8) is 0 Å². The Morgan fingerprint density at radius 2 is 2.04 bits per heavy atom. The van der Waals surface area contributed by atoms with Gasteiger partial charge in [0.05, 0.1) is 15.2 Å². The predicted octanol–water partition coefficient (Wildman–Crippen LogP) is 4.27. The first-order chi connectivity index (χ1) is 12.2. The number of benzene rings is 1. The Morgan fingerprint density at radius 3 is 2.76 bits per heavy atom. The number of hydrogen-bond donors (Lipinski definition) is 1. The number of nitrogens with zero attached hydrogens (tertiary/aromatic N) is 3. The van der Waals surface area contributed by atoms with Gasteiger partial charge in [0.1, 0.15) is 0 Å². The average Bonchev–Trinajstić information content (AvgIpc) is 3.30. The molecule has 25 heavy (non-hydrogen) atoms. The number of thiazole rings is 1. The summed E-state index contributed by atoms with van der Waals surface area (Å²) in [6.07, 6.45) is 0.997. The van der Waals surface area contributed by atoms with Crippen LogP contribution >= 0.6 is 22.7 Å². The van der Waals surface area contributed by atoms with E-state index in [-0.39, 0.29) is 6.03 Å². The Balaban J connectivity index is 1.42. The zero-order valence-corrected chi connectivity index (χ0v) is 15.7. The molecular formula is C18H20N4OS2. The number of carbonyl (C=O) groups excluding carboxylic acids is 1. The van der Waals surface area contributed by atoms with Crippen LogP contribution in [0.5, 0.6) is 0 Å². The lowest BCUT2D eigenvalue weighted by atomic mass is 10.1.